The van der Waals surface area contributed by atoms with Crippen molar-refractivity contribution in [2.75, 3.05) is 33.2 Å². The van der Waals surface area contributed by atoms with Crippen LogP contribution in [0.4, 0.5) is 0 Å². The molecule has 0 fully saturated rings. The highest BCUT2D eigenvalue weighted by Gasteiger charge is 2.17. The largest absolute Gasteiger partial charge is 0.354 e. The Morgan fingerprint density at radius 1 is 1.23 bits per heavy atom. The molecule has 2 N–H and O–H groups in total. The van der Waals surface area contributed by atoms with E-state index in [0.717, 1.165) is 25.6 Å². The lowest BCUT2D eigenvalue weighted by molar-refractivity contribution is 0.219. The maximum atomic E-state index is 5.27. The van der Waals surface area contributed by atoms with E-state index in [1.165, 1.54) is 5.56 Å². The molecule has 0 radical (unpaired) electrons. The third kappa shape index (κ3) is 6.67. The SMILES string of the molecule is C#CCNC(=NC)NCC(c1ccccc1)N(CC)CC.I. The Morgan fingerprint density at radius 2 is 1.86 bits per heavy atom. The van der Waals surface area contributed by atoms with E-state index in [-0.39, 0.29) is 24.0 Å². The first kappa shape index (κ1) is 20.7. The van der Waals surface area contributed by atoms with Crippen LogP contribution in [0.5, 0.6) is 0 Å². The van der Waals surface area contributed by atoms with E-state index in [9.17, 15) is 0 Å². The highest BCUT2D eigenvalue weighted by Crippen LogP contribution is 2.19. The number of aliphatic imine (C=N–C) groups is 1. The Bertz CT molecular complexity index is 463. The van der Waals surface area contributed by atoms with Gasteiger partial charge in [0.05, 0.1) is 12.6 Å². The first-order chi connectivity index (χ1) is 10.3. The molecule has 122 valence electrons. The first-order valence-corrected chi connectivity index (χ1v) is 7.43. The second-order valence-electron chi connectivity index (χ2n) is 4.66. The van der Waals surface area contributed by atoms with E-state index >= 15 is 0 Å². The Morgan fingerprint density at radius 3 is 2.36 bits per heavy atom. The van der Waals surface area contributed by atoms with Gasteiger partial charge in [-0.05, 0) is 18.7 Å². The van der Waals surface area contributed by atoms with Gasteiger partial charge in [0.15, 0.2) is 5.96 Å². The van der Waals surface area contributed by atoms with Crippen molar-refractivity contribution < 1.29 is 0 Å². The van der Waals surface area contributed by atoms with Crippen LogP contribution in [0.3, 0.4) is 0 Å². The number of hydrogen-bond acceptors (Lipinski definition) is 2. The molecule has 4 nitrogen and oxygen atoms in total. The standard InChI is InChI=1S/C17H26N4.HI/c1-5-13-19-17(18-4)20-14-16(21(6-2)7-3)15-11-9-8-10-12-15;/h1,8-12,16H,6-7,13-14H2,2-4H3,(H2,18,19,20);1H. The number of terminal acetylenes is 1. The molecule has 1 rings (SSSR count). The predicted octanol–water partition coefficient (Wildman–Crippen LogP) is 2.49. The molecule has 0 bridgehead atoms. The lowest BCUT2D eigenvalue weighted by Gasteiger charge is -2.30. The van der Waals surface area contributed by atoms with Crippen LogP contribution in [0.2, 0.25) is 0 Å². The van der Waals surface area contributed by atoms with E-state index in [2.05, 4.69) is 64.6 Å². The van der Waals surface area contributed by atoms with Crippen LogP contribution in [-0.4, -0.2) is 44.1 Å². The molecule has 1 unspecified atom stereocenters. The molecule has 1 aromatic rings. The quantitative estimate of drug-likeness (QED) is 0.312. The van der Waals surface area contributed by atoms with Crippen LogP contribution in [0.25, 0.3) is 0 Å². The van der Waals surface area contributed by atoms with Gasteiger partial charge in [0.2, 0.25) is 0 Å². The average Bonchev–Trinajstić information content (AvgIpc) is 2.54. The maximum absolute atomic E-state index is 5.27. The fourth-order valence-corrected chi connectivity index (χ4v) is 2.35. The van der Waals surface area contributed by atoms with Crippen molar-refractivity contribution >= 4 is 29.9 Å². The first-order valence-electron chi connectivity index (χ1n) is 7.43. The maximum Gasteiger partial charge on any atom is 0.191 e. The van der Waals surface area contributed by atoms with Crippen LogP contribution in [0, 0.1) is 12.3 Å². The number of likely N-dealkylation sites (N-methyl/N-ethyl adjacent to an activating group) is 1. The average molecular weight is 414 g/mol. The fraction of sp³-hybridized carbons (Fsp3) is 0.471. The minimum atomic E-state index is 0. The summed E-state index contributed by atoms with van der Waals surface area (Å²) in [5.41, 5.74) is 1.31. The molecular weight excluding hydrogens is 387 g/mol. The van der Waals surface area contributed by atoms with E-state index in [4.69, 9.17) is 6.42 Å². The monoisotopic (exact) mass is 414 g/mol. The molecule has 0 spiro atoms. The van der Waals surface area contributed by atoms with Gasteiger partial charge in [-0.15, -0.1) is 30.4 Å². The molecule has 0 aliphatic rings. The molecule has 22 heavy (non-hydrogen) atoms. The van der Waals surface area contributed by atoms with Crippen molar-refractivity contribution in [1.82, 2.24) is 15.5 Å². The summed E-state index contributed by atoms with van der Waals surface area (Å²) in [5.74, 6) is 3.29. The molecule has 0 saturated heterocycles. The third-order valence-corrected chi connectivity index (χ3v) is 3.48. The van der Waals surface area contributed by atoms with E-state index in [1.54, 1.807) is 7.05 Å². The molecule has 0 aromatic heterocycles. The second kappa shape index (κ2) is 12.3. The van der Waals surface area contributed by atoms with Gasteiger partial charge in [0, 0.05) is 13.6 Å². The van der Waals surface area contributed by atoms with Gasteiger partial charge in [-0.2, -0.15) is 0 Å². The van der Waals surface area contributed by atoms with Crippen molar-refractivity contribution in [3.63, 3.8) is 0 Å². The van der Waals surface area contributed by atoms with Crippen molar-refractivity contribution in [3.8, 4) is 12.3 Å². The number of halogens is 1. The second-order valence-corrected chi connectivity index (χ2v) is 4.66. The van der Waals surface area contributed by atoms with Crippen molar-refractivity contribution in [2.24, 2.45) is 4.99 Å². The van der Waals surface area contributed by atoms with Crippen molar-refractivity contribution in [2.45, 2.75) is 19.9 Å². The minimum absolute atomic E-state index is 0. The topological polar surface area (TPSA) is 39.7 Å². The number of benzene rings is 1. The predicted molar refractivity (Wildman–Crippen MR) is 106 cm³/mol. The number of guanidine groups is 1. The zero-order chi connectivity index (χ0) is 15.5. The summed E-state index contributed by atoms with van der Waals surface area (Å²) in [5, 5.41) is 6.44. The molecule has 0 aliphatic carbocycles. The summed E-state index contributed by atoms with van der Waals surface area (Å²) in [6.07, 6.45) is 5.27. The van der Waals surface area contributed by atoms with Crippen LogP contribution in [0.15, 0.2) is 35.3 Å². The minimum Gasteiger partial charge on any atom is -0.354 e. The zero-order valence-corrected chi connectivity index (χ0v) is 16.0. The highest BCUT2D eigenvalue weighted by atomic mass is 127. The van der Waals surface area contributed by atoms with Crippen LogP contribution in [0.1, 0.15) is 25.5 Å². The molecule has 1 aromatic carbocycles. The summed E-state index contributed by atoms with van der Waals surface area (Å²) in [4.78, 5) is 6.61. The number of nitrogens with one attached hydrogen (secondary N) is 2. The molecular formula is C17H27IN4. The summed E-state index contributed by atoms with van der Waals surface area (Å²) in [7, 11) is 1.75. The van der Waals surface area contributed by atoms with Gasteiger partial charge >= 0.3 is 0 Å². The zero-order valence-electron chi connectivity index (χ0n) is 13.7. The van der Waals surface area contributed by atoms with Crippen LogP contribution in [-0.2, 0) is 0 Å². The molecule has 5 heteroatoms. The van der Waals surface area contributed by atoms with Crippen LogP contribution < -0.4 is 10.6 Å². The summed E-state index contributed by atoms with van der Waals surface area (Å²) < 4.78 is 0. The van der Waals surface area contributed by atoms with Gasteiger partial charge in [-0.3, -0.25) is 9.89 Å². The fourth-order valence-electron chi connectivity index (χ4n) is 2.35. The van der Waals surface area contributed by atoms with E-state index < -0.39 is 0 Å². The van der Waals surface area contributed by atoms with Crippen molar-refractivity contribution in [1.29, 1.82) is 0 Å². The number of hydrogen-bond donors (Lipinski definition) is 2. The lowest BCUT2D eigenvalue weighted by Crippen LogP contribution is -2.43. The molecule has 0 saturated carbocycles. The highest BCUT2D eigenvalue weighted by molar-refractivity contribution is 14.0. The summed E-state index contributed by atoms with van der Waals surface area (Å²) >= 11 is 0. The van der Waals surface area contributed by atoms with Gasteiger partial charge in [-0.25, -0.2) is 0 Å². The Kier molecular flexibility index (Phi) is 11.6. The van der Waals surface area contributed by atoms with Gasteiger partial charge in [-0.1, -0.05) is 50.1 Å². The smallest absolute Gasteiger partial charge is 0.191 e. The Hall–Kier alpha value is -1.26. The summed E-state index contributed by atoms with van der Waals surface area (Å²) in [6, 6.07) is 10.9. The molecule has 0 heterocycles. The van der Waals surface area contributed by atoms with Crippen molar-refractivity contribution in [3.05, 3.63) is 35.9 Å². The van der Waals surface area contributed by atoms with Gasteiger partial charge < -0.3 is 10.6 Å². The Balaban J connectivity index is 0.00000441. The van der Waals surface area contributed by atoms with Crippen LogP contribution >= 0.6 is 24.0 Å². The summed E-state index contributed by atoms with van der Waals surface area (Å²) in [6.45, 7) is 7.65. The third-order valence-electron chi connectivity index (χ3n) is 3.48. The van der Waals surface area contributed by atoms with E-state index in [1.807, 2.05) is 6.07 Å². The van der Waals surface area contributed by atoms with Gasteiger partial charge in [0.25, 0.3) is 0 Å². The molecule has 1 atom stereocenters. The lowest BCUT2D eigenvalue weighted by atomic mass is 10.1. The molecule has 0 aliphatic heterocycles. The Labute approximate surface area is 151 Å². The normalized spacial score (nSPS) is 12.2. The van der Waals surface area contributed by atoms with E-state index in [0.29, 0.717) is 12.6 Å². The molecule has 0 amide bonds. The number of rotatable bonds is 7. The van der Waals surface area contributed by atoms with Gasteiger partial charge in [0.1, 0.15) is 0 Å². The number of nitrogens with zero attached hydrogens (tertiary/aromatic N) is 2.